The molecule has 0 saturated heterocycles. The summed E-state index contributed by atoms with van der Waals surface area (Å²) >= 11 is 2.70. The number of rotatable bonds is 4. The Morgan fingerprint density at radius 3 is 2.91 bits per heavy atom. The van der Waals surface area contributed by atoms with E-state index in [1.807, 2.05) is 30.5 Å². The molecule has 1 heterocycles. The van der Waals surface area contributed by atoms with Crippen molar-refractivity contribution in [3.63, 3.8) is 0 Å². The molecule has 0 aliphatic rings. The summed E-state index contributed by atoms with van der Waals surface area (Å²) in [6.45, 7) is 0. The Morgan fingerprint density at radius 1 is 1.27 bits per heavy atom. The second-order valence-electron chi connectivity index (χ2n) is 4.45. The van der Waals surface area contributed by atoms with Crippen molar-refractivity contribution in [1.29, 1.82) is 5.26 Å². The molecule has 3 rings (SSSR count). The lowest BCUT2D eigenvalue weighted by Crippen LogP contribution is -1.91. The van der Waals surface area contributed by atoms with Crippen molar-refractivity contribution in [3.05, 3.63) is 53.6 Å². The first kappa shape index (κ1) is 14.6. The molecule has 0 aliphatic heterocycles. The Bertz CT molecular complexity index is 872. The molecule has 108 valence electrons. The van der Waals surface area contributed by atoms with Crippen LogP contribution in [-0.2, 0) is 0 Å². The number of benzene rings is 2. The topological polar surface area (TPSA) is 61.1 Å². The molecule has 0 spiro atoms. The minimum absolute atomic E-state index is 0.549. The minimum atomic E-state index is 0.549. The van der Waals surface area contributed by atoms with E-state index < -0.39 is 0 Å². The van der Waals surface area contributed by atoms with E-state index in [0.717, 1.165) is 16.0 Å². The number of nitriles is 1. The van der Waals surface area contributed by atoms with Gasteiger partial charge in [-0.15, -0.1) is 11.8 Å². The second-order valence-corrected chi connectivity index (χ2v) is 6.01. The summed E-state index contributed by atoms with van der Waals surface area (Å²) in [6.07, 6.45) is 3.67. The van der Waals surface area contributed by atoms with E-state index in [-0.39, 0.29) is 0 Å². The number of aromatic nitrogens is 1. The van der Waals surface area contributed by atoms with Gasteiger partial charge >= 0.3 is 0 Å². The van der Waals surface area contributed by atoms with Gasteiger partial charge in [0.15, 0.2) is 0 Å². The normalized spacial score (nSPS) is 10.9. The molecule has 3 aromatic rings. The van der Waals surface area contributed by atoms with Gasteiger partial charge in [-0.25, -0.2) is 0 Å². The molecule has 6 heteroatoms. The molecule has 2 aromatic carbocycles. The van der Waals surface area contributed by atoms with E-state index >= 15 is 0 Å². The van der Waals surface area contributed by atoms with E-state index in [1.54, 1.807) is 6.21 Å². The molecule has 0 bridgehead atoms. The Kier molecular flexibility index (Phi) is 4.37. The standard InChI is InChI=1S/C16H12N4S2/c1-21-16-14(9-17)15(22-20-16)19-18-10-12-7-4-6-11-5-2-3-8-13(11)12/h2-8,10,19H,1H3/b18-10+. The molecule has 22 heavy (non-hydrogen) atoms. The van der Waals surface area contributed by atoms with Crippen LogP contribution >= 0.6 is 23.3 Å². The molecule has 4 nitrogen and oxygen atoms in total. The molecule has 0 amide bonds. The zero-order chi connectivity index (χ0) is 15.4. The van der Waals surface area contributed by atoms with Gasteiger partial charge in [0.2, 0.25) is 0 Å². The Hall–Kier alpha value is -2.36. The molecular weight excluding hydrogens is 312 g/mol. The van der Waals surface area contributed by atoms with Crippen LogP contribution in [0.1, 0.15) is 11.1 Å². The van der Waals surface area contributed by atoms with Crippen molar-refractivity contribution >= 4 is 45.3 Å². The van der Waals surface area contributed by atoms with E-state index in [2.05, 4.69) is 39.2 Å². The van der Waals surface area contributed by atoms with Crippen molar-refractivity contribution in [2.75, 3.05) is 11.7 Å². The summed E-state index contributed by atoms with van der Waals surface area (Å²) in [5.74, 6) is 0. The van der Waals surface area contributed by atoms with Crippen LogP contribution in [-0.4, -0.2) is 16.8 Å². The van der Waals surface area contributed by atoms with Gasteiger partial charge in [0.25, 0.3) is 0 Å². The van der Waals surface area contributed by atoms with Crippen LogP contribution in [0.4, 0.5) is 5.00 Å². The van der Waals surface area contributed by atoms with E-state index in [1.165, 1.54) is 28.7 Å². The molecule has 0 fully saturated rings. The molecule has 0 unspecified atom stereocenters. The first-order valence-corrected chi connectivity index (χ1v) is 8.54. The zero-order valence-electron chi connectivity index (χ0n) is 11.8. The van der Waals surface area contributed by atoms with Gasteiger partial charge in [0.05, 0.1) is 6.21 Å². The first-order valence-electron chi connectivity index (χ1n) is 6.54. The molecule has 1 aromatic heterocycles. The fourth-order valence-electron chi connectivity index (χ4n) is 2.11. The lowest BCUT2D eigenvalue weighted by molar-refractivity contribution is 1.25. The van der Waals surface area contributed by atoms with E-state index in [0.29, 0.717) is 10.6 Å². The molecule has 0 radical (unpaired) electrons. The Balaban J connectivity index is 1.86. The molecule has 0 atom stereocenters. The van der Waals surface area contributed by atoms with Gasteiger partial charge in [-0.3, -0.25) is 5.43 Å². The van der Waals surface area contributed by atoms with Crippen LogP contribution in [0.25, 0.3) is 10.8 Å². The number of hydrogen-bond acceptors (Lipinski definition) is 6. The van der Waals surface area contributed by atoms with Crippen molar-refractivity contribution < 1.29 is 0 Å². The first-order chi connectivity index (χ1) is 10.8. The summed E-state index contributed by atoms with van der Waals surface area (Å²) in [4.78, 5) is 0. The minimum Gasteiger partial charge on any atom is -0.266 e. The van der Waals surface area contributed by atoms with Crippen LogP contribution < -0.4 is 5.43 Å². The third kappa shape index (κ3) is 2.82. The maximum atomic E-state index is 9.19. The Morgan fingerprint density at radius 2 is 2.09 bits per heavy atom. The smallest absolute Gasteiger partial charge is 0.148 e. The highest BCUT2D eigenvalue weighted by molar-refractivity contribution is 7.98. The molecule has 0 saturated carbocycles. The van der Waals surface area contributed by atoms with E-state index in [9.17, 15) is 5.26 Å². The maximum Gasteiger partial charge on any atom is 0.148 e. The predicted molar refractivity (Wildman–Crippen MR) is 93.8 cm³/mol. The highest BCUT2D eigenvalue weighted by atomic mass is 32.2. The number of fused-ring (bicyclic) bond motifs is 1. The number of hydrazone groups is 1. The van der Waals surface area contributed by atoms with E-state index in [4.69, 9.17) is 0 Å². The average Bonchev–Trinajstić information content (AvgIpc) is 2.97. The van der Waals surface area contributed by atoms with Crippen LogP contribution in [0.5, 0.6) is 0 Å². The second kappa shape index (κ2) is 6.60. The number of nitrogens with one attached hydrogen (secondary N) is 1. The largest absolute Gasteiger partial charge is 0.266 e. The van der Waals surface area contributed by atoms with Crippen molar-refractivity contribution in [2.45, 2.75) is 5.03 Å². The highest BCUT2D eigenvalue weighted by Gasteiger charge is 2.11. The zero-order valence-corrected chi connectivity index (χ0v) is 13.4. The third-order valence-corrected chi connectivity index (χ3v) is 4.71. The van der Waals surface area contributed by atoms with Crippen LogP contribution in [0.2, 0.25) is 0 Å². The number of nitrogens with zero attached hydrogens (tertiary/aromatic N) is 3. The van der Waals surface area contributed by atoms with Gasteiger partial charge in [0.1, 0.15) is 21.7 Å². The monoisotopic (exact) mass is 324 g/mol. The van der Waals surface area contributed by atoms with Crippen molar-refractivity contribution in [3.8, 4) is 6.07 Å². The maximum absolute atomic E-state index is 9.19. The lowest BCUT2D eigenvalue weighted by atomic mass is 10.1. The van der Waals surface area contributed by atoms with Gasteiger partial charge in [0, 0.05) is 5.56 Å². The molecular formula is C16H12N4S2. The SMILES string of the molecule is CSc1nsc(N/N=C/c2cccc3ccccc23)c1C#N. The summed E-state index contributed by atoms with van der Waals surface area (Å²) in [5, 5.41) is 17.2. The fraction of sp³-hybridized carbons (Fsp3) is 0.0625. The van der Waals surface area contributed by atoms with Crippen molar-refractivity contribution in [1.82, 2.24) is 4.37 Å². The lowest BCUT2D eigenvalue weighted by Gasteiger charge is -2.01. The van der Waals surface area contributed by atoms with Gasteiger partial charge < -0.3 is 0 Å². The molecule has 0 aliphatic carbocycles. The Labute approximate surface area is 136 Å². The van der Waals surface area contributed by atoms with Gasteiger partial charge in [-0.2, -0.15) is 14.7 Å². The quantitative estimate of drug-likeness (QED) is 0.441. The third-order valence-electron chi connectivity index (χ3n) is 3.16. The van der Waals surface area contributed by atoms with Crippen LogP contribution in [0.15, 0.2) is 52.6 Å². The highest BCUT2D eigenvalue weighted by Crippen LogP contribution is 2.29. The van der Waals surface area contributed by atoms with Crippen LogP contribution in [0.3, 0.4) is 0 Å². The van der Waals surface area contributed by atoms with Crippen molar-refractivity contribution in [2.24, 2.45) is 5.10 Å². The fourth-order valence-corrected chi connectivity index (χ4v) is 3.53. The molecule has 1 N–H and O–H groups in total. The number of thioether (sulfide) groups is 1. The van der Waals surface area contributed by atoms with Crippen LogP contribution in [0, 0.1) is 11.3 Å². The number of anilines is 1. The summed E-state index contributed by atoms with van der Waals surface area (Å²) < 4.78 is 4.23. The van der Waals surface area contributed by atoms with Gasteiger partial charge in [-0.05, 0) is 28.6 Å². The average molecular weight is 324 g/mol. The number of hydrogen-bond donors (Lipinski definition) is 1. The summed E-state index contributed by atoms with van der Waals surface area (Å²) in [7, 11) is 0. The summed E-state index contributed by atoms with van der Waals surface area (Å²) in [6, 6.07) is 16.4. The summed E-state index contributed by atoms with van der Waals surface area (Å²) in [5.41, 5.74) is 4.50. The predicted octanol–water partition coefficient (Wildman–Crippen LogP) is 4.34. The van der Waals surface area contributed by atoms with Gasteiger partial charge in [-0.1, -0.05) is 42.5 Å².